The molecule has 0 unspecified atom stereocenters. The van der Waals surface area contributed by atoms with Crippen molar-refractivity contribution < 1.29 is 0 Å². The van der Waals surface area contributed by atoms with Crippen LogP contribution in [0.3, 0.4) is 0 Å². The van der Waals surface area contributed by atoms with Gasteiger partial charge in [-0.15, -0.1) is 0 Å². The molecule has 4 heteroatoms. The molecule has 6 aromatic carbocycles. The van der Waals surface area contributed by atoms with E-state index in [2.05, 4.69) is 119 Å². The lowest BCUT2D eigenvalue weighted by Crippen LogP contribution is -1.94. The predicted molar refractivity (Wildman–Crippen MR) is 186 cm³/mol. The maximum atomic E-state index is 6.35. The van der Waals surface area contributed by atoms with Crippen LogP contribution in [-0.4, -0.2) is 15.0 Å². The Morgan fingerprint density at radius 1 is 0.444 bits per heavy atom. The third kappa shape index (κ3) is 4.79. The first-order valence-electron chi connectivity index (χ1n) is 15.0. The first-order chi connectivity index (χ1) is 22.2. The quantitative estimate of drug-likeness (QED) is 0.207. The second-order valence-electron chi connectivity index (χ2n) is 11.1. The lowest BCUT2D eigenvalue weighted by molar-refractivity contribution is 1.18. The molecule has 8 aromatic rings. The summed E-state index contributed by atoms with van der Waals surface area (Å²) >= 11 is 0. The number of nitrogens with two attached hydrogens (primary N) is 1. The van der Waals surface area contributed by atoms with Crippen LogP contribution >= 0.6 is 0 Å². The van der Waals surface area contributed by atoms with E-state index < -0.39 is 0 Å². The molecule has 0 spiro atoms. The molecule has 0 fully saturated rings. The van der Waals surface area contributed by atoms with Gasteiger partial charge in [-0.25, -0.2) is 9.97 Å². The minimum absolute atomic E-state index is 0.704. The molecule has 0 saturated heterocycles. The van der Waals surface area contributed by atoms with Gasteiger partial charge in [0.15, 0.2) is 5.82 Å². The fraction of sp³-hybridized carbons (Fsp3) is 0. The second kappa shape index (κ2) is 11.2. The summed E-state index contributed by atoms with van der Waals surface area (Å²) in [4.78, 5) is 13.9. The van der Waals surface area contributed by atoms with Gasteiger partial charge in [-0.05, 0) is 73.6 Å². The van der Waals surface area contributed by atoms with Crippen LogP contribution in [0.4, 0.5) is 5.69 Å². The number of nitrogens with zero attached hydrogens (tertiary/aromatic N) is 3. The van der Waals surface area contributed by atoms with E-state index in [9.17, 15) is 0 Å². The van der Waals surface area contributed by atoms with Crippen molar-refractivity contribution in [3.05, 3.63) is 158 Å². The van der Waals surface area contributed by atoms with Gasteiger partial charge in [0, 0.05) is 41.0 Å². The van der Waals surface area contributed by atoms with Gasteiger partial charge in [0.05, 0.1) is 5.69 Å². The van der Waals surface area contributed by atoms with Gasteiger partial charge in [-0.3, -0.25) is 4.98 Å². The van der Waals surface area contributed by atoms with Crippen molar-refractivity contribution in [2.24, 2.45) is 0 Å². The van der Waals surface area contributed by atoms with Crippen molar-refractivity contribution >= 4 is 27.2 Å². The number of nitrogen functional groups attached to an aromatic ring is 1. The molecule has 2 N–H and O–H groups in total. The Bertz CT molecular complexity index is 2290. The van der Waals surface area contributed by atoms with E-state index in [1.54, 1.807) is 6.20 Å². The molecule has 8 rings (SSSR count). The van der Waals surface area contributed by atoms with E-state index in [-0.39, 0.29) is 0 Å². The predicted octanol–water partition coefficient (Wildman–Crippen LogP) is 10.1. The Balaban J connectivity index is 1.33. The van der Waals surface area contributed by atoms with Crippen LogP contribution in [-0.2, 0) is 0 Å². The summed E-state index contributed by atoms with van der Waals surface area (Å²) in [5, 5.41) is 4.76. The molecule has 45 heavy (non-hydrogen) atoms. The Morgan fingerprint density at radius 3 is 1.60 bits per heavy atom. The molecule has 212 valence electrons. The molecule has 0 aliphatic carbocycles. The average molecular weight is 577 g/mol. The van der Waals surface area contributed by atoms with Gasteiger partial charge in [-0.1, -0.05) is 115 Å². The molecule has 0 radical (unpaired) electrons. The highest BCUT2D eigenvalue weighted by Gasteiger charge is 2.18. The maximum absolute atomic E-state index is 6.35. The van der Waals surface area contributed by atoms with Crippen LogP contribution < -0.4 is 5.73 Å². The first kappa shape index (κ1) is 26.5. The molecule has 0 aliphatic rings. The molecular weight excluding hydrogens is 548 g/mol. The van der Waals surface area contributed by atoms with Gasteiger partial charge in [0.1, 0.15) is 0 Å². The van der Waals surface area contributed by atoms with Crippen LogP contribution in [0.25, 0.3) is 77.6 Å². The fourth-order valence-corrected chi connectivity index (χ4v) is 6.32. The summed E-state index contributed by atoms with van der Waals surface area (Å²) in [6.45, 7) is 0. The van der Waals surface area contributed by atoms with Gasteiger partial charge in [0.2, 0.25) is 0 Å². The first-order valence-corrected chi connectivity index (χ1v) is 15.0. The maximum Gasteiger partial charge on any atom is 0.159 e. The molecule has 4 nitrogen and oxygen atoms in total. The summed E-state index contributed by atoms with van der Waals surface area (Å²) in [7, 11) is 0. The Morgan fingerprint density at radius 2 is 0.978 bits per heavy atom. The van der Waals surface area contributed by atoms with Crippen molar-refractivity contribution in [3.63, 3.8) is 0 Å². The Hall–Kier alpha value is -6.13. The smallest absolute Gasteiger partial charge is 0.159 e. The SMILES string of the molecule is Nc1ccncc1-c1cccc(-c2c3ccccc3c(-c3cccc(-c4nccc(-c5ccccc5)n4)c3)c3ccccc23)c1. The zero-order valence-corrected chi connectivity index (χ0v) is 24.4. The Kier molecular flexibility index (Phi) is 6.58. The highest BCUT2D eigenvalue weighted by Crippen LogP contribution is 2.44. The number of hydrogen-bond acceptors (Lipinski definition) is 4. The van der Waals surface area contributed by atoms with Crippen molar-refractivity contribution in [2.45, 2.75) is 0 Å². The molecular formula is C41H28N4. The summed E-state index contributed by atoms with van der Waals surface area (Å²) in [5.74, 6) is 0.704. The number of benzene rings is 6. The van der Waals surface area contributed by atoms with Gasteiger partial charge in [-0.2, -0.15) is 0 Å². The lowest BCUT2D eigenvalue weighted by atomic mass is 9.85. The molecule has 0 bridgehead atoms. The molecule has 2 aromatic heterocycles. The van der Waals surface area contributed by atoms with E-state index in [1.165, 1.54) is 32.7 Å². The van der Waals surface area contributed by atoms with Crippen molar-refractivity contribution in [2.75, 3.05) is 5.73 Å². The number of rotatable bonds is 5. The molecule has 0 aliphatic heterocycles. The zero-order chi connectivity index (χ0) is 30.2. The van der Waals surface area contributed by atoms with E-state index >= 15 is 0 Å². The van der Waals surface area contributed by atoms with Gasteiger partial charge >= 0.3 is 0 Å². The average Bonchev–Trinajstić information content (AvgIpc) is 3.11. The van der Waals surface area contributed by atoms with Crippen LogP contribution in [0.5, 0.6) is 0 Å². The van der Waals surface area contributed by atoms with E-state index in [0.717, 1.165) is 39.1 Å². The highest BCUT2D eigenvalue weighted by molar-refractivity contribution is 6.21. The Labute approximate surface area is 261 Å². The second-order valence-corrected chi connectivity index (χ2v) is 11.1. The van der Waals surface area contributed by atoms with Crippen molar-refractivity contribution in [3.8, 4) is 56.0 Å². The molecule has 2 heterocycles. The summed E-state index contributed by atoms with van der Waals surface area (Å²) in [6.07, 6.45) is 5.40. The van der Waals surface area contributed by atoms with Crippen LogP contribution in [0.15, 0.2) is 158 Å². The number of fused-ring (bicyclic) bond motifs is 2. The highest BCUT2D eigenvalue weighted by atomic mass is 14.9. The lowest BCUT2D eigenvalue weighted by Gasteiger charge is -2.18. The topological polar surface area (TPSA) is 64.7 Å². The summed E-state index contributed by atoms with van der Waals surface area (Å²) < 4.78 is 0. The molecule has 0 saturated carbocycles. The monoisotopic (exact) mass is 576 g/mol. The summed E-state index contributed by atoms with van der Waals surface area (Å²) in [6, 6.07) is 48.6. The molecule has 0 atom stereocenters. The van der Waals surface area contributed by atoms with Crippen molar-refractivity contribution in [1.29, 1.82) is 0 Å². The standard InChI is InChI=1S/C41H28N4/c42-37-20-22-43-26-36(37)28-12-8-13-29(24-28)39-32-16-4-6-18-34(32)40(35-19-7-5-17-33(35)39)30-14-9-15-31(25-30)41-44-23-21-38(45-41)27-10-2-1-3-11-27/h1-26H,(H2,42,43). The fourth-order valence-electron chi connectivity index (χ4n) is 6.32. The number of pyridine rings is 1. The zero-order valence-electron chi connectivity index (χ0n) is 24.4. The third-order valence-electron chi connectivity index (χ3n) is 8.38. The summed E-state index contributed by atoms with van der Waals surface area (Å²) in [5.41, 5.74) is 16.6. The van der Waals surface area contributed by atoms with Crippen molar-refractivity contribution in [1.82, 2.24) is 15.0 Å². The van der Waals surface area contributed by atoms with Gasteiger partial charge in [0.25, 0.3) is 0 Å². The molecule has 0 amide bonds. The minimum Gasteiger partial charge on any atom is -0.398 e. The largest absolute Gasteiger partial charge is 0.398 e. The normalized spacial score (nSPS) is 11.2. The van der Waals surface area contributed by atoms with Crippen LogP contribution in [0, 0.1) is 0 Å². The van der Waals surface area contributed by atoms with E-state index in [4.69, 9.17) is 10.7 Å². The van der Waals surface area contributed by atoms with Crippen LogP contribution in [0.1, 0.15) is 0 Å². The number of hydrogen-bond donors (Lipinski definition) is 1. The number of aromatic nitrogens is 3. The van der Waals surface area contributed by atoms with Gasteiger partial charge < -0.3 is 5.73 Å². The van der Waals surface area contributed by atoms with Crippen LogP contribution in [0.2, 0.25) is 0 Å². The minimum atomic E-state index is 0.704. The number of anilines is 1. The third-order valence-corrected chi connectivity index (χ3v) is 8.38. The van der Waals surface area contributed by atoms with E-state index in [0.29, 0.717) is 11.5 Å². The van der Waals surface area contributed by atoms with E-state index in [1.807, 2.05) is 42.7 Å².